The fourth-order valence-corrected chi connectivity index (χ4v) is 4.68. The van der Waals surface area contributed by atoms with Crippen LogP contribution in [-0.2, 0) is 10.0 Å². The minimum atomic E-state index is -3.80. The first-order valence-corrected chi connectivity index (χ1v) is 10.1. The van der Waals surface area contributed by atoms with Gasteiger partial charge in [-0.2, -0.15) is 0 Å². The summed E-state index contributed by atoms with van der Waals surface area (Å²) in [5.74, 6) is 0. The summed E-state index contributed by atoms with van der Waals surface area (Å²) in [5, 5.41) is 1.08. The first kappa shape index (κ1) is 18.4. The van der Waals surface area contributed by atoms with Crippen LogP contribution in [-0.4, -0.2) is 19.4 Å². The van der Waals surface area contributed by atoms with Crippen molar-refractivity contribution in [2.24, 2.45) is 0 Å². The highest BCUT2D eigenvalue weighted by Gasteiger charge is 2.35. The van der Waals surface area contributed by atoms with Gasteiger partial charge in [-0.1, -0.05) is 54.0 Å². The second-order valence-electron chi connectivity index (χ2n) is 5.85. The first-order chi connectivity index (χ1) is 11.9. The van der Waals surface area contributed by atoms with Gasteiger partial charge in [-0.15, -0.1) is 4.41 Å². The summed E-state index contributed by atoms with van der Waals surface area (Å²) in [6.07, 6.45) is 1.60. The zero-order chi connectivity index (χ0) is 18.0. The van der Waals surface area contributed by atoms with Gasteiger partial charge in [-0.05, 0) is 48.2 Å². The third kappa shape index (κ3) is 3.91. The van der Waals surface area contributed by atoms with Crippen molar-refractivity contribution in [3.8, 4) is 0 Å². The molecule has 0 aromatic heterocycles. The molecule has 0 bridgehead atoms. The molecule has 132 valence electrons. The van der Waals surface area contributed by atoms with Crippen molar-refractivity contribution in [3.05, 3.63) is 76.3 Å². The van der Waals surface area contributed by atoms with E-state index in [1.807, 2.05) is 12.1 Å². The minimum Gasteiger partial charge on any atom is -0.241 e. The summed E-state index contributed by atoms with van der Waals surface area (Å²) in [5.41, 5.74) is 4.38. The van der Waals surface area contributed by atoms with Crippen molar-refractivity contribution < 1.29 is 8.42 Å². The van der Waals surface area contributed by atoms with Crippen LogP contribution < -0.4 is 5.43 Å². The lowest BCUT2D eigenvalue weighted by molar-refractivity contribution is 0.192. The molecule has 1 aliphatic rings. The maximum absolute atomic E-state index is 13.1. The molecule has 1 N–H and O–H groups in total. The van der Waals surface area contributed by atoms with Crippen molar-refractivity contribution >= 4 is 38.1 Å². The molecule has 0 amide bonds. The zero-order valence-electron chi connectivity index (χ0n) is 13.5. The van der Waals surface area contributed by atoms with Crippen LogP contribution in [0.3, 0.4) is 0 Å². The van der Waals surface area contributed by atoms with Gasteiger partial charge in [-0.25, -0.2) is 13.8 Å². The Hall–Kier alpha value is -1.37. The van der Waals surface area contributed by atoms with Crippen LogP contribution in [0.5, 0.6) is 0 Å². The Labute approximate surface area is 158 Å². The SMILES string of the molecule is C=C(c1cccc(Cl)c1)S(=O)(=O)N1NCCCC1c1ccc(Cl)cc1. The van der Waals surface area contributed by atoms with Gasteiger partial charge in [0.25, 0.3) is 10.0 Å². The second kappa shape index (κ2) is 7.48. The van der Waals surface area contributed by atoms with Gasteiger partial charge in [0, 0.05) is 16.6 Å². The summed E-state index contributed by atoms with van der Waals surface area (Å²) in [7, 11) is -3.80. The molecule has 0 radical (unpaired) electrons. The molecule has 1 aliphatic heterocycles. The van der Waals surface area contributed by atoms with Crippen LogP contribution in [0, 0.1) is 0 Å². The fourth-order valence-electron chi connectivity index (χ4n) is 2.88. The molecule has 1 heterocycles. The number of benzene rings is 2. The summed E-state index contributed by atoms with van der Waals surface area (Å²) in [6.45, 7) is 4.40. The van der Waals surface area contributed by atoms with E-state index in [0.717, 1.165) is 18.4 Å². The van der Waals surface area contributed by atoms with Crippen molar-refractivity contribution in [3.63, 3.8) is 0 Å². The number of hydrogen-bond acceptors (Lipinski definition) is 3. The molecule has 0 aliphatic carbocycles. The highest BCUT2D eigenvalue weighted by atomic mass is 35.5. The van der Waals surface area contributed by atoms with Crippen LogP contribution in [0.15, 0.2) is 55.1 Å². The molecular formula is C18H18Cl2N2O2S. The van der Waals surface area contributed by atoms with Gasteiger partial charge in [0.1, 0.15) is 0 Å². The fraction of sp³-hybridized carbons (Fsp3) is 0.222. The molecule has 3 rings (SSSR count). The molecule has 1 fully saturated rings. The van der Waals surface area contributed by atoms with E-state index in [4.69, 9.17) is 23.2 Å². The maximum Gasteiger partial charge on any atom is 0.256 e. The van der Waals surface area contributed by atoms with E-state index in [1.54, 1.807) is 36.4 Å². The Balaban J connectivity index is 1.95. The lowest BCUT2D eigenvalue weighted by atomic mass is 10.0. The van der Waals surface area contributed by atoms with Crippen LogP contribution in [0.4, 0.5) is 0 Å². The number of nitrogens with one attached hydrogen (secondary N) is 1. The van der Waals surface area contributed by atoms with Crippen LogP contribution in [0.25, 0.3) is 4.91 Å². The van der Waals surface area contributed by atoms with Gasteiger partial charge in [0.2, 0.25) is 0 Å². The number of nitrogens with zero attached hydrogens (tertiary/aromatic N) is 1. The van der Waals surface area contributed by atoms with E-state index >= 15 is 0 Å². The summed E-state index contributed by atoms with van der Waals surface area (Å²) >= 11 is 11.9. The standard InChI is InChI=1S/C18H18Cl2N2O2S/c1-13(15-4-2-5-17(20)12-15)25(23,24)22-18(6-3-11-21-22)14-7-9-16(19)10-8-14/h2,4-5,7-10,12,18,21H,1,3,6,11H2. The molecule has 2 aromatic rings. The molecule has 1 unspecified atom stereocenters. The maximum atomic E-state index is 13.1. The van der Waals surface area contributed by atoms with E-state index in [1.165, 1.54) is 4.41 Å². The van der Waals surface area contributed by atoms with E-state index in [0.29, 0.717) is 22.2 Å². The molecule has 2 aromatic carbocycles. The smallest absolute Gasteiger partial charge is 0.241 e. The molecule has 25 heavy (non-hydrogen) atoms. The predicted octanol–water partition coefficient (Wildman–Crippen LogP) is 4.64. The lowest BCUT2D eigenvalue weighted by Crippen LogP contribution is -2.48. The second-order valence-corrected chi connectivity index (χ2v) is 8.56. The first-order valence-electron chi connectivity index (χ1n) is 7.88. The normalized spacial score (nSPS) is 18.9. The number of hydrogen-bond donors (Lipinski definition) is 1. The average Bonchev–Trinajstić information content (AvgIpc) is 2.61. The summed E-state index contributed by atoms with van der Waals surface area (Å²) < 4.78 is 27.6. The lowest BCUT2D eigenvalue weighted by Gasteiger charge is -2.35. The Morgan fingerprint density at radius 1 is 1.12 bits per heavy atom. The predicted molar refractivity (Wildman–Crippen MR) is 103 cm³/mol. The molecule has 0 saturated carbocycles. The van der Waals surface area contributed by atoms with Crippen LogP contribution in [0.1, 0.15) is 30.0 Å². The van der Waals surface area contributed by atoms with E-state index in [-0.39, 0.29) is 10.9 Å². The molecular weight excluding hydrogens is 379 g/mol. The third-order valence-electron chi connectivity index (χ3n) is 4.18. The number of halogens is 2. The molecule has 7 heteroatoms. The van der Waals surface area contributed by atoms with E-state index in [9.17, 15) is 8.42 Å². The Kier molecular flexibility index (Phi) is 5.51. The molecule has 1 saturated heterocycles. The van der Waals surface area contributed by atoms with Crippen molar-refractivity contribution in [1.29, 1.82) is 0 Å². The van der Waals surface area contributed by atoms with Crippen LogP contribution >= 0.6 is 23.2 Å². The van der Waals surface area contributed by atoms with Gasteiger partial charge < -0.3 is 0 Å². The van der Waals surface area contributed by atoms with Crippen LogP contribution in [0.2, 0.25) is 10.0 Å². The van der Waals surface area contributed by atoms with E-state index in [2.05, 4.69) is 12.0 Å². The molecule has 4 nitrogen and oxygen atoms in total. The van der Waals surface area contributed by atoms with Gasteiger partial charge in [0.05, 0.1) is 10.9 Å². The number of sulfonamides is 1. The van der Waals surface area contributed by atoms with Crippen molar-refractivity contribution in [2.75, 3.05) is 6.54 Å². The van der Waals surface area contributed by atoms with Crippen molar-refractivity contribution in [1.82, 2.24) is 9.84 Å². The van der Waals surface area contributed by atoms with Crippen molar-refractivity contribution in [2.45, 2.75) is 18.9 Å². The number of hydrazine groups is 1. The van der Waals surface area contributed by atoms with E-state index < -0.39 is 10.0 Å². The molecule has 0 spiro atoms. The summed E-state index contributed by atoms with van der Waals surface area (Å²) in [4.78, 5) is 0.0170. The monoisotopic (exact) mass is 396 g/mol. The minimum absolute atomic E-state index is 0.0170. The van der Waals surface area contributed by atoms with Gasteiger partial charge in [-0.3, -0.25) is 0 Å². The molecule has 1 atom stereocenters. The topological polar surface area (TPSA) is 49.4 Å². The Morgan fingerprint density at radius 2 is 1.84 bits per heavy atom. The summed E-state index contributed by atoms with van der Waals surface area (Å²) in [6, 6.07) is 13.6. The largest absolute Gasteiger partial charge is 0.256 e. The Bertz CT molecular complexity index is 882. The third-order valence-corrected chi connectivity index (χ3v) is 6.42. The van der Waals surface area contributed by atoms with Gasteiger partial charge in [0.15, 0.2) is 0 Å². The number of rotatable bonds is 4. The highest BCUT2D eigenvalue weighted by Crippen LogP contribution is 2.34. The average molecular weight is 397 g/mol. The quantitative estimate of drug-likeness (QED) is 0.818. The highest BCUT2D eigenvalue weighted by molar-refractivity contribution is 7.98. The Morgan fingerprint density at radius 3 is 2.52 bits per heavy atom. The zero-order valence-corrected chi connectivity index (χ0v) is 15.8. The van der Waals surface area contributed by atoms with Gasteiger partial charge >= 0.3 is 0 Å².